The molecule has 0 fully saturated rings. The number of aromatic nitrogens is 2. The van der Waals surface area contributed by atoms with Crippen LogP contribution in [0.4, 0.5) is 0 Å². The molecule has 0 unspecified atom stereocenters. The van der Waals surface area contributed by atoms with Gasteiger partial charge in [0.1, 0.15) is 24.1 Å². The van der Waals surface area contributed by atoms with Gasteiger partial charge in [-0.3, -0.25) is 0 Å². The van der Waals surface area contributed by atoms with Gasteiger partial charge in [-0.25, -0.2) is 9.97 Å². The van der Waals surface area contributed by atoms with Gasteiger partial charge in [-0.05, 0) is 18.6 Å². The Labute approximate surface area is 92.0 Å². The normalized spacial score (nSPS) is 10.1. The largest absolute Gasteiger partial charge is 0.437 e. The molecule has 0 aliphatic heterocycles. The molecule has 0 aliphatic rings. The number of aliphatic hydroxyl groups is 1. The first-order valence-corrected chi connectivity index (χ1v) is 4.67. The molecule has 2 rings (SSSR count). The summed E-state index contributed by atoms with van der Waals surface area (Å²) in [6.45, 7) is 1.63. The van der Waals surface area contributed by atoms with E-state index in [0.29, 0.717) is 22.9 Å². The third-order valence-corrected chi connectivity index (χ3v) is 2.16. The Hall–Kier alpha value is -2.19. The topological polar surface area (TPSA) is 82.9 Å². The average molecular weight is 215 g/mol. The maximum atomic E-state index is 8.84. The predicted molar refractivity (Wildman–Crippen MR) is 55.1 cm³/mol. The Balaban J connectivity index is 2.42. The maximum Gasteiger partial charge on any atom is 0.245 e. The van der Waals surface area contributed by atoms with Crippen LogP contribution in [0.2, 0.25) is 0 Å². The standard InChI is InChI=1S/C11H9N3O2/c1-7-2-10(13-4-8(7)3-12)11-14-5-9(6-15)16-11/h2,4-5,15H,6H2,1H3. The highest BCUT2D eigenvalue weighted by Gasteiger charge is 2.09. The summed E-state index contributed by atoms with van der Waals surface area (Å²) in [5.74, 6) is 0.732. The Morgan fingerprint density at radius 2 is 2.25 bits per heavy atom. The lowest BCUT2D eigenvalue weighted by Crippen LogP contribution is -1.89. The van der Waals surface area contributed by atoms with Gasteiger partial charge in [0, 0.05) is 6.20 Å². The van der Waals surface area contributed by atoms with E-state index in [1.54, 1.807) is 6.07 Å². The first kappa shape index (κ1) is 10.3. The molecule has 0 radical (unpaired) electrons. The van der Waals surface area contributed by atoms with Gasteiger partial charge in [-0.2, -0.15) is 5.26 Å². The van der Waals surface area contributed by atoms with Crippen molar-refractivity contribution in [1.82, 2.24) is 9.97 Å². The van der Waals surface area contributed by atoms with E-state index in [0.717, 1.165) is 5.56 Å². The van der Waals surface area contributed by atoms with Gasteiger partial charge in [0.15, 0.2) is 0 Å². The second-order valence-electron chi connectivity index (χ2n) is 3.29. The van der Waals surface area contributed by atoms with Crippen LogP contribution >= 0.6 is 0 Å². The number of nitrogens with zero attached hydrogens (tertiary/aromatic N) is 3. The maximum absolute atomic E-state index is 8.84. The van der Waals surface area contributed by atoms with E-state index in [-0.39, 0.29) is 6.61 Å². The number of rotatable bonds is 2. The van der Waals surface area contributed by atoms with Crippen molar-refractivity contribution in [1.29, 1.82) is 5.26 Å². The number of hydrogen-bond acceptors (Lipinski definition) is 5. The van der Waals surface area contributed by atoms with Crippen molar-refractivity contribution in [3.8, 4) is 17.7 Å². The Bertz CT molecular complexity index is 555. The van der Waals surface area contributed by atoms with E-state index in [1.807, 2.05) is 13.0 Å². The Morgan fingerprint density at radius 1 is 1.44 bits per heavy atom. The molecule has 0 bridgehead atoms. The van der Waals surface area contributed by atoms with Crippen molar-refractivity contribution in [2.45, 2.75) is 13.5 Å². The molecule has 0 spiro atoms. The zero-order valence-electron chi connectivity index (χ0n) is 8.64. The fraction of sp³-hybridized carbons (Fsp3) is 0.182. The summed E-state index contributed by atoms with van der Waals surface area (Å²) in [5.41, 5.74) is 1.89. The minimum Gasteiger partial charge on any atom is -0.437 e. The number of oxazole rings is 1. The predicted octanol–water partition coefficient (Wildman–Crippen LogP) is 1.41. The Morgan fingerprint density at radius 3 is 2.81 bits per heavy atom. The molecule has 0 aromatic carbocycles. The summed E-state index contributed by atoms with van der Waals surface area (Å²) < 4.78 is 5.24. The number of nitriles is 1. The fourth-order valence-electron chi connectivity index (χ4n) is 1.29. The highest BCUT2D eigenvalue weighted by atomic mass is 16.4. The fourth-order valence-corrected chi connectivity index (χ4v) is 1.29. The summed E-state index contributed by atoms with van der Waals surface area (Å²) in [6, 6.07) is 3.76. The van der Waals surface area contributed by atoms with Crippen LogP contribution in [0.25, 0.3) is 11.6 Å². The van der Waals surface area contributed by atoms with Gasteiger partial charge in [0.05, 0.1) is 11.8 Å². The van der Waals surface area contributed by atoms with E-state index >= 15 is 0 Å². The number of hydrogen-bond donors (Lipinski definition) is 1. The first-order valence-electron chi connectivity index (χ1n) is 4.67. The van der Waals surface area contributed by atoms with Crippen molar-refractivity contribution in [2.24, 2.45) is 0 Å². The molecule has 80 valence electrons. The minimum absolute atomic E-state index is 0.192. The van der Waals surface area contributed by atoms with Crippen molar-refractivity contribution in [3.05, 3.63) is 35.3 Å². The van der Waals surface area contributed by atoms with E-state index < -0.39 is 0 Å². The molecule has 1 N–H and O–H groups in total. The summed E-state index contributed by atoms with van der Waals surface area (Å²) >= 11 is 0. The van der Waals surface area contributed by atoms with Gasteiger partial charge in [0.2, 0.25) is 5.89 Å². The lowest BCUT2D eigenvalue weighted by atomic mass is 10.1. The Kier molecular flexibility index (Phi) is 2.66. The molecular formula is C11H9N3O2. The third-order valence-electron chi connectivity index (χ3n) is 2.16. The molecule has 5 nitrogen and oxygen atoms in total. The number of pyridine rings is 1. The van der Waals surface area contributed by atoms with E-state index in [4.69, 9.17) is 14.8 Å². The molecule has 0 saturated heterocycles. The van der Waals surface area contributed by atoms with Gasteiger partial charge < -0.3 is 9.52 Å². The van der Waals surface area contributed by atoms with E-state index in [9.17, 15) is 0 Å². The summed E-state index contributed by atoms with van der Waals surface area (Å²) in [7, 11) is 0. The van der Waals surface area contributed by atoms with E-state index in [1.165, 1.54) is 12.4 Å². The highest BCUT2D eigenvalue weighted by Crippen LogP contribution is 2.19. The molecule has 2 aromatic rings. The molecule has 2 heterocycles. The zero-order chi connectivity index (χ0) is 11.5. The highest BCUT2D eigenvalue weighted by molar-refractivity contribution is 5.51. The molecule has 2 aromatic heterocycles. The second-order valence-corrected chi connectivity index (χ2v) is 3.29. The lowest BCUT2D eigenvalue weighted by Gasteiger charge is -1.98. The quantitative estimate of drug-likeness (QED) is 0.818. The van der Waals surface area contributed by atoms with E-state index in [2.05, 4.69) is 9.97 Å². The van der Waals surface area contributed by atoms with Crippen molar-refractivity contribution in [2.75, 3.05) is 0 Å². The minimum atomic E-state index is -0.192. The summed E-state index contributed by atoms with van der Waals surface area (Å²) in [5, 5.41) is 17.6. The smallest absolute Gasteiger partial charge is 0.245 e. The van der Waals surface area contributed by atoms with Gasteiger partial charge in [-0.15, -0.1) is 0 Å². The summed E-state index contributed by atoms with van der Waals surface area (Å²) in [6.07, 6.45) is 2.93. The molecule has 0 saturated carbocycles. The zero-order valence-corrected chi connectivity index (χ0v) is 8.64. The SMILES string of the molecule is Cc1cc(-c2ncc(CO)o2)ncc1C#N. The number of aryl methyl sites for hydroxylation is 1. The van der Waals surface area contributed by atoms with Crippen LogP contribution in [0.5, 0.6) is 0 Å². The van der Waals surface area contributed by atoms with Crippen LogP contribution in [-0.4, -0.2) is 15.1 Å². The number of aliphatic hydroxyl groups excluding tert-OH is 1. The van der Waals surface area contributed by atoms with Crippen molar-refractivity contribution in [3.63, 3.8) is 0 Å². The van der Waals surface area contributed by atoms with Crippen LogP contribution in [0.15, 0.2) is 22.9 Å². The monoisotopic (exact) mass is 215 g/mol. The van der Waals surface area contributed by atoms with Crippen LogP contribution in [0.1, 0.15) is 16.9 Å². The van der Waals surface area contributed by atoms with Gasteiger partial charge >= 0.3 is 0 Å². The van der Waals surface area contributed by atoms with Crippen LogP contribution < -0.4 is 0 Å². The van der Waals surface area contributed by atoms with Crippen LogP contribution in [-0.2, 0) is 6.61 Å². The van der Waals surface area contributed by atoms with Crippen LogP contribution in [0, 0.1) is 18.3 Å². The third kappa shape index (κ3) is 1.78. The molecule has 0 amide bonds. The van der Waals surface area contributed by atoms with Gasteiger partial charge in [0.25, 0.3) is 0 Å². The molecule has 5 heteroatoms. The molecular weight excluding hydrogens is 206 g/mol. The van der Waals surface area contributed by atoms with Crippen molar-refractivity contribution < 1.29 is 9.52 Å². The molecule has 16 heavy (non-hydrogen) atoms. The molecule has 0 aliphatic carbocycles. The average Bonchev–Trinajstić information content (AvgIpc) is 2.77. The lowest BCUT2D eigenvalue weighted by molar-refractivity contribution is 0.248. The van der Waals surface area contributed by atoms with Gasteiger partial charge in [-0.1, -0.05) is 0 Å². The van der Waals surface area contributed by atoms with Crippen molar-refractivity contribution >= 4 is 0 Å². The van der Waals surface area contributed by atoms with Crippen LogP contribution in [0.3, 0.4) is 0 Å². The summed E-state index contributed by atoms with van der Waals surface area (Å²) in [4.78, 5) is 8.05. The first-order chi connectivity index (χ1) is 7.74. The second kappa shape index (κ2) is 4.13. The molecule has 0 atom stereocenters.